The highest BCUT2D eigenvalue weighted by molar-refractivity contribution is 8.00. The van der Waals surface area contributed by atoms with E-state index < -0.39 is 0 Å². The van der Waals surface area contributed by atoms with Crippen molar-refractivity contribution in [2.45, 2.75) is 43.1 Å². The standard InChI is InChI=1S/C15H19NO2S/c1-9-5-14(18-2)16-8-13(9)15(17)10-6-11-3-4-12(7-10)19-11/h5,8,10-12H,3-4,6-7H2,1-2H3. The van der Waals surface area contributed by atoms with Gasteiger partial charge in [-0.3, -0.25) is 4.79 Å². The maximum absolute atomic E-state index is 12.6. The summed E-state index contributed by atoms with van der Waals surface area (Å²) in [6, 6.07) is 1.85. The Morgan fingerprint density at radius 2 is 2.05 bits per heavy atom. The summed E-state index contributed by atoms with van der Waals surface area (Å²) >= 11 is 2.09. The van der Waals surface area contributed by atoms with Crippen LogP contribution in [0.5, 0.6) is 5.88 Å². The molecule has 1 aromatic rings. The van der Waals surface area contributed by atoms with Gasteiger partial charge in [0.25, 0.3) is 0 Å². The molecule has 0 aromatic carbocycles. The summed E-state index contributed by atoms with van der Waals surface area (Å²) < 4.78 is 5.09. The van der Waals surface area contributed by atoms with Gasteiger partial charge in [0.15, 0.2) is 5.78 Å². The quantitative estimate of drug-likeness (QED) is 0.795. The summed E-state index contributed by atoms with van der Waals surface area (Å²) in [4.78, 5) is 16.8. The van der Waals surface area contributed by atoms with Gasteiger partial charge in [-0.05, 0) is 38.2 Å². The number of ether oxygens (including phenoxy) is 1. The Morgan fingerprint density at radius 3 is 2.63 bits per heavy atom. The fourth-order valence-electron chi connectivity index (χ4n) is 3.19. The van der Waals surface area contributed by atoms with E-state index in [-0.39, 0.29) is 11.7 Å². The van der Waals surface area contributed by atoms with Gasteiger partial charge >= 0.3 is 0 Å². The van der Waals surface area contributed by atoms with E-state index >= 15 is 0 Å². The maximum Gasteiger partial charge on any atom is 0.213 e. The Hall–Kier alpha value is -1.03. The molecule has 2 aliphatic rings. The van der Waals surface area contributed by atoms with Crippen LogP contribution in [0.15, 0.2) is 12.3 Å². The topological polar surface area (TPSA) is 39.2 Å². The van der Waals surface area contributed by atoms with Crippen LogP contribution in [0, 0.1) is 12.8 Å². The summed E-state index contributed by atoms with van der Waals surface area (Å²) in [6.07, 6.45) is 6.36. The van der Waals surface area contributed by atoms with Crippen molar-refractivity contribution in [3.63, 3.8) is 0 Å². The number of rotatable bonds is 3. The van der Waals surface area contributed by atoms with Gasteiger partial charge in [-0.25, -0.2) is 4.98 Å². The van der Waals surface area contributed by atoms with Crippen LogP contribution in [0.1, 0.15) is 41.6 Å². The van der Waals surface area contributed by atoms with Crippen LogP contribution in [0.25, 0.3) is 0 Å². The normalized spacial score (nSPS) is 29.3. The number of carbonyl (C=O) groups excluding carboxylic acids is 1. The number of nitrogens with zero attached hydrogens (tertiary/aromatic N) is 1. The third kappa shape index (κ3) is 2.50. The molecule has 2 fully saturated rings. The smallest absolute Gasteiger partial charge is 0.213 e. The maximum atomic E-state index is 12.6. The molecule has 19 heavy (non-hydrogen) atoms. The molecule has 0 amide bonds. The molecule has 3 nitrogen and oxygen atoms in total. The van der Waals surface area contributed by atoms with Crippen LogP contribution in [0.3, 0.4) is 0 Å². The second-order valence-electron chi connectivity index (χ2n) is 5.53. The van der Waals surface area contributed by atoms with Crippen molar-refractivity contribution in [3.8, 4) is 5.88 Å². The number of Topliss-reactive ketones (excluding diaryl/α,β-unsaturated/α-hetero) is 1. The average Bonchev–Trinajstić information content (AvgIpc) is 2.76. The van der Waals surface area contributed by atoms with E-state index in [9.17, 15) is 4.79 Å². The lowest BCUT2D eigenvalue weighted by molar-refractivity contribution is 0.0906. The molecule has 4 heteroatoms. The van der Waals surface area contributed by atoms with Gasteiger partial charge in [0.2, 0.25) is 5.88 Å². The highest BCUT2D eigenvalue weighted by Crippen LogP contribution is 2.46. The van der Waals surface area contributed by atoms with E-state index in [1.54, 1.807) is 13.3 Å². The number of methoxy groups -OCH3 is 1. The number of fused-ring (bicyclic) bond motifs is 2. The summed E-state index contributed by atoms with van der Waals surface area (Å²) in [5.41, 5.74) is 1.75. The van der Waals surface area contributed by atoms with Gasteiger partial charge in [0.1, 0.15) is 0 Å². The Morgan fingerprint density at radius 1 is 1.37 bits per heavy atom. The van der Waals surface area contributed by atoms with Gasteiger partial charge in [-0.1, -0.05) is 0 Å². The van der Waals surface area contributed by atoms with E-state index in [0.29, 0.717) is 16.4 Å². The highest BCUT2D eigenvalue weighted by atomic mass is 32.2. The minimum atomic E-state index is 0.202. The van der Waals surface area contributed by atoms with Crippen LogP contribution in [-0.2, 0) is 0 Å². The summed E-state index contributed by atoms with van der Waals surface area (Å²) in [7, 11) is 1.60. The molecule has 0 aliphatic carbocycles. The fraction of sp³-hybridized carbons (Fsp3) is 0.600. The Labute approximate surface area is 118 Å². The number of hydrogen-bond acceptors (Lipinski definition) is 4. The van der Waals surface area contributed by atoms with Crippen LogP contribution < -0.4 is 4.74 Å². The van der Waals surface area contributed by atoms with Crippen LogP contribution in [0.4, 0.5) is 0 Å². The molecular formula is C15H19NO2S. The lowest BCUT2D eigenvalue weighted by atomic mass is 9.89. The SMILES string of the molecule is COc1cc(C)c(C(=O)C2CC3CCC(C2)S3)cn1. The van der Waals surface area contributed by atoms with Gasteiger partial charge in [-0.2, -0.15) is 11.8 Å². The number of carbonyl (C=O) groups is 1. The Balaban J connectivity index is 1.80. The molecule has 0 N–H and O–H groups in total. The largest absolute Gasteiger partial charge is 0.481 e. The predicted octanol–water partition coefficient (Wildman–Crippen LogP) is 3.26. The van der Waals surface area contributed by atoms with Gasteiger partial charge < -0.3 is 4.74 Å². The molecule has 0 saturated carbocycles. The molecule has 3 heterocycles. The first-order valence-corrected chi connectivity index (χ1v) is 7.82. The molecule has 0 spiro atoms. The third-order valence-corrected chi connectivity index (χ3v) is 5.85. The molecule has 0 radical (unpaired) electrons. The Bertz CT molecular complexity index is 491. The third-order valence-electron chi connectivity index (χ3n) is 4.22. The first-order chi connectivity index (χ1) is 9.17. The first-order valence-electron chi connectivity index (χ1n) is 6.87. The molecular weight excluding hydrogens is 258 g/mol. The monoisotopic (exact) mass is 277 g/mol. The minimum Gasteiger partial charge on any atom is -0.481 e. The zero-order valence-corrected chi connectivity index (χ0v) is 12.2. The van der Waals surface area contributed by atoms with Crippen LogP contribution in [0.2, 0.25) is 0 Å². The van der Waals surface area contributed by atoms with E-state index in [2.05, 4.69) is 16.7 Å². The van der Waals surface area contributed by atoms with E-state index in [4.69, 9.17) is 4.74 Å². The Kier molecular flexibility index (Phi) is 3.52. The summed E-state index contributed by atoms with van der Waals surface area (Å²) in [6.45, 7) is 1.96. The molecule has 1 aromatic heterocycles. The van der Waals surface area contributed by atoms with E-state index in [1.165, 1.54) is 12.8 Å². The van der Waals surface area contributed by atoms with Crippen molar-refractivity contribution in [1.29, 1.82) is 0 Å². The first kappa shape index (κ1) is 13.0. The molecule has 2 saturated heterocycles. The summed E-state index contributed by atoms with van der Waals surface area (Å²) in [5.74, 6) is 1.06. The van der Waals surface area contributed by atoms with Crippen molar-refractivity contribution in [2.75, 3.05) is 7.11 Å². The molecule has 3 rings (SSSR count). The fourth-order valence-corrected chi connectivity index (χ4v) is 4.97. The molecule has 2 aliphatic heterocycles. The van der Waals surface area contributed by atoms with Crippen LogP contribution in [-0.4, -0.2) is 28.4 Å². The van der Waals surface area contributed by atoms with Gasteiger partial charge in [0, 0.05) is 34.2 Å². The van der Waals surface area contributed by atoms with E-state index in [0.717, 1.165) is 24.0 Å². The lowest BCUT2D eigenvalue weighted by Gasteiger charge is -2.26. The number of aromatic nitrogens is 1. The van der Waals surface area contributed by atoms with Gasteiger partial charge in [-0.15, -0.1) is 0 Å². The van der Waals surface area contributed by atoms with Crippen molar-refractivity contribution in [2.24, 2.45) is 5.92 Å². The zero-order chi connectivity index (χ0) is 13.4. The average molecular weight is 277 g/mol. The van der Waals surface area contributed by atoms with E-state index in [1.807, 2.05) is 13.0 Å². The van der Waals surface area contributed by atoms with Crippen molar-refractivity contribution >= 4 is 17.5 Å². The molecule has 102 valence electrons. The summed E-state index contributed by atoms with van der Waals surface area (Å²) in [5, 5.41) is 1.42. The van der Waals surface area contributed by atoms with Crippen molar-refractivity contribution < 1.29 is 9.53 Å². The number of thioether (sulfide) groups is 1. The molecule has 2 atom stereocenters. The number of pyridine rings is 1. The zero-order valence-electron chi connectivity index (χ0n) is 11.4. The van der Waals surface area contributed by atoms with Crippen molar-refractivity contribution in [1.82, 2.24) is 4.98 Å². The predicted molar refractivity (Wildman–Crippen MR) is 77.0 cm³/mol. The number of aryl methyl sites for hydroxylation is 1. The molecule has 2 unspecified atom stereocenters. The van der Waals surface area contributed by atoms with Crippen molar-refractivity contribution in [3.05, 3.63) is 23.4 Å². The second-order valence-corrected chi connectivity index (χ2v) is 7.14. The molecule has 2 bridgehead atoms. The number of hydrogen-bond donors (Lipinski definition) is 0. The lowest BCUT2D eigenvalue weighted by Crippen LogP contribution is -2.25. The van der Waals surface area contributed by atoms with Crippen LogP contribution >= 0.6 is 11.8 Å². The van der Waals surface area contributed by atoms with Gasteiger partial charge in [0.05, 0.1) is 7.11 Å². The highest BCUT2D eigenvalue weighted by Gasteiger charge is 2.38. The second kappa shape index (κ2) is 5.16. The number of ketones is 1. The minimum absolute atomic E-state index is 0.202.